The van der Waals surface area contributed by atoms with Gasteiger partial charge in [0.1, 0.15) is 5.69 Å². The Labute approximate surface area is 163 Å². The van der Waals surface area contributed by atoms with Crippen LogP contribution in [0, 0.1) is 5.92 Å². The molecular weight excluding hydrogens is 358 g/mol. The molecule has 1 heterocycles. The average Bonchev–Trinajstić information content (AvgIpc) is 2.66. The first kappa shape index (κ1) is 19.8. The highest BCUT2D eigenvalue weighted by atomic mass is 16.4. The van der Waals surface area contributed by atoms with E-state index < -0.39 is 23.8 Å². The molecule has 1 aromatic carbocycles. The Kier molecular flexibility index (Phi) is 6.57. The number of hydrogen-bond acceptors (Lipinski definition) is 4. The molecule has 0 saturated heterocycles. The second-order valence-corrected chi connectivity index (χ2v) is 7.22. The minimum atomic E-state index is -0.880. The zero-order valence-electron chi connectivity index (χ0n) is 15.7. The highest BCUT2D eigenvalue weighted by molar-refractivity contribution is 5.92. The van der Waals surface area contributed by atoms with Gasteiger partial charge in [0.05, 0.1) is 12.5 Å². The van der Waals surface area contributed by atoms with Crippen LogP contribution in [0.4, 0.5) is 0 Å². The lowest BCUT2D eigenvalue weighted by Gasteiger charge is -2.27. The molecule has 2 atom stereocenters. The van der Waals surface area contributed by atoms with Gasteiger partial charge in [-0.15, -0.1) is 0 Å². The lowest BCUT2D eigenvalue weighted by Crippen LogP contribution is -2.44. The van der Waals surface area contributed by atoms with E-state index >= 15 is 0 Å². The fourth-order valence-corrected chi connectivity index (χ4v) is 3.63. The van der Waals surface area contributed by atoms with Crippen molar-refractivity contribution in [1.82, 2.24) is 15.1 Å². The second-order valence-electron chi connectivity index (χ2n) is 7.22. The smallest absolute Gasteiger partial charge is 0.308 e. The first-order valence-electron chi connectivity index (χ1n) is 9.70. The number of carboxylic acid groups (broad SMARTS) is 1. The molecular formula is C21H25N3O4. The summed E-state index contributed by atoms with van der Waals surface area (Å²) in [6, 6.07) is 11.7. The van der Waals surface area contributed by atoms with Crippen molar-refractivity contribution in [3.8, 4) is 0 Å². The van der Waals surface area contributed by atoms with Gasteiger partial charge in [-0.25, -0.2) is 4.68 Å². The molecule has 2 unspecified atom stereocenters. The summed E-state index contributed by atoms with van der Waals surface area (Å²) >= 11 is 0. The third-order valence-electron chi connectivity index (χ3n) is 5.17. The molecule has 0 aliphatic heterocycles. The van der Waals surface area contributed by atoms with Crippen LogP contribution >= 0.6 is 0 Å². The van der Waals surface area contributed by atoms with Crippen LogP contribution < -0.4 is 10.9 Å². The van der Waals surface area contributed by atoms with Crippen LogP contribution in [0.1, 0.15) is 54.6 Å². The maximum atomic E-state index is 12.7. The molecule has 1 saturated carbocycles. The number of nitrogens with zero attached hydrogens (tertiary/aromatic N) is 2. The van der Waals surface area contributed by atoms with Gasteiger partial charge in [0.15, 0.2) is 0 Å². The monoisotopic (exact) mass is 383 g/mol. The van der Waals surface area contributed by atoms with E-state index in [1.54, 1.807) is 0 Å². The number of hydrogen-bond donors (Lipinski definition) is 2. The van der Waals surface area contributed by atoms with Gasteiger partial charge in [-0.2, -0.15) is 5.10 Å². The Balaban J connectivity index is 1.76. The molecule has 0 bridgehead atoms. The van der Waals surface area contributed by atoms with Gasteiger partial charge >= 0.3 is 5.97 Å². The topological polar surface area (TPSA) is 101 Å². The lowest BCUT2D eigenvalue weighted by atomic mass is 9.86. The van der Waals surface area contributed by atoms with Gasteiger partial charge in [0, 0.05) is 12.1 Å². The molecule has 0 radical (unpaired) electrons. The number of benzene rings is 1. The van der Waals surface area contributed by atoms with E-state index in [0.717, 1.165) is 31.2 Å². The van der Waals surface area contributed by atoms with Crippen LogP contribution in [-0.2, 0) is 11.3 Å². The van der Waals surface area contributed by atoms with Crippen molar-refractivity contribution in [3.05, 3.63) is 64.1 Å². The Bertz CT molecular complexity index is 879. The normalized spacial score (nSPS) is 20.0. The number of carbonyl (C=O) groups is 2. The van der Waals surface area contributed by atoms with Gasteiger partial charge in [-0.1, -0.05) is 56.0 Å². The quantitative estimate of drug-likeness (QED) is 0.826. The second kappa shape index (κ2) is 9.30. The number of amides is 1. The Morgan fingerprint density at radius 3 is 2.46 bits per heavy atom. The van der Waals surface area contributed by atoms with Crippen LogP contribution in [0.3, 0.4) is 0 Å². The van der Waals surface area contributed by atoms with E-state index in [9.17, 15) is 19.5 Å². The fraction of sp³-hybridized carbons (Fsp3) is 0.429. The third kappa shape index (κ3) is 5.06. The predicted octanol–water partition coefficient (Wildman–Crippen LogP) is 2.45. The predicted molar refractivity (Wildman–Crippen MR) is 104 cm³/mol. The number of aromatic nitrogens is 2. The zero-order chi connectivity index (χ0) is 19.9. The molecule has 7 heteroatoms. The van der Waals surface area contributed by atoms with Crippen molar-refractivity contribution in [2.45, 2.75) is 51.1 Å². The summed E-state index contributed by atoms with van der Waals surface area (Å²) in [6.07, 6.45) is 4.99. The van der Waals surface area contributed by atoms with Gasteiger partial charge in [0.2, 0.25) is 0 Å². The van der Waals surface area contributed by atoms with Gasteiger partial charge in [-0.3, -0.25) is 14.4 Å². The minimum absolute atomic E-state index is 0.113. The summed E-state index contributed by atoms with van der Waals surface area (Å²) < 4.78 is 1.25. The van der Waals surface area contributed by atoms with E-state index in [2.05, 4.69) is 10.4 Å². The summed E-state index contributed by atoms with van der Waals surface area (Å²) in [7, 11) is 0. The van der Waals surface area contributed by atoms with Crippen molar-refractivity contribution in [2.24, 2.45) is 5.92 Å². The van der Waals surface area contributed by atoms with Crippen LogP contribution in [0.2, 0.25) is 0 Å². The van der Waals surface area contributed by atoms with Crippen molar-refractivity contribution in [2.75, 3.05) is 0 Å². The number of nitrogens with one attached hydrogen (secondary N) is 1. The largest absolute Gasteiger partial charge is 0.481 e. The van der Waals surface area contributed by atoms with Crippen LogP contribution in [0.5, 0.6) is 0 Å². The summed E-state index contributed by atoms with van der Waals surface area (Å²) in [6.45, 7) is 0.266. The summed E-state index contributed by atoms with van der Waals surface area (Å²) in [4.78, 5) is 36.5. The van der Waals surface area contributed by atoms with Crippen LogP contribution in [-0.4, -0.2) is 32.8 Å². The Morgan fingerprint density at radius 1 is 1.04 bits per heavy atom. The lowest BCUT2D eigenvalue weighted by molar-refractivity contribution is -0.143. The van der Waals surface area contributed by atoms with E-state index in [4.69, 9.17) is 0 Å². The molecule has 1 aromatic heterocycles. The Hall–Kier alpha value is -2.96. The molecule has 7 nitrogen and oxygen atoms in total. The van der Waals surface area contributed by atoms with E-state index in [-0.39, 0.29) is 17.8 Å². The Morgan fingerprint density at radius 2 is 1.75 bits per heavy atom. The number of carbonyl (C=O) groups excluding carboxylic acids is 1. The van der Waals surface area contributed by atoms with E-state index in [0.29, 0.717) is 12.8 Å². The number of rotatable bonds is 5. The first-order valence-corrected chi connectivity index (χ1v) is 9.70. The van der Waals surface area contributed by atoms with Gasteiger partial charge in [0.25, 0.3) is 11.5 Å². The maximum Gasteiger partial charge on any atom is 0.308 e. The highest BCUT2D eigenvalue weighted by Gasteiger charge is 2.30. The first-order chi connectivity index (χ1) is 13.5. The standard InChI is InChI=1S/C21H25N3O4/c25-19-13-12-18(23-24(19)14-15-8-4-3-5-9-15)20(26)22-17-11-7-2-1-6-10-16(17)21(27)28/h3-5,8-9,12-13,16-17H,1-2,6-7,10-11,14H2,(H,22,26)(H,27,28). The molecule has 28 heavy (non-hydrogen) atoms. The third-order valence-corrected chi connectivity index (χ3v) is 5.17. The molecule has 2 aromatic rings. The number of aliphatic carboxylic acids is 1. The summed E-state index contributed by atoms with van der Waals surface area (Å²) in [5.74, 6) is -1.92. The van der Waals surface area contributed by atoms with Crippen LogP contribution in [0.15, 0.2) is 47.3 Å². The fourth-order valence-electron chi connectivity index (χ4n) is 3.63. The van der Waals surface area contributed by atoms with E-state index in [1.165, 1.54) is 16.8 Å². The average molecular weight is 383 g/mol. The molecule has 148 valence electrons. The molecule has 0 spiro atoms. The molecule has 1 amide bonds. The van der Waals surface area contributed by atoms with Crippen LogP contribution in [0.25, 0.3) is 0 Å². The van der Waals surface area contributed by atoms with Gasteiger partial charge in [-0.05, 0) is 24.5 Å². The SMILES string of the molecule is O=C(NC1CCCCCCC1C(=O)O)c1ccc(=O)n(Cc2ccccc2)n1. The molecule has 1 aliphatic rings. The molecule has 3 rings (SSSR count). The minimum Gasteiger partial charge on any atom is -0.481 e. The zero-order valence-corrected chi connectivity index (χ0v) is 15.7. The van der Waals surface area contributed by atoms with Crippen molar-refractivity contribution in [1.29, 1.82) is 0 Å². The summed E-state index contributed by atoms with van der Waals surface area (Å²) in [5, 5.41) is 16.6. The van der Waals surface area contributed by atoms with Crippen molar-refractivity contribution in [3.63, 3.8) is 0 Å². The molecule has 1 aliphatic carbocycles. The maximum absolute atomic E-state index is 12.7. The highest BCUT2D eigenvalue weighted by Crippen LogP contribution is 2.23. The van der Waals surface area contributed by atoms with E-state index in [1.807, 2.05) is 30.3 Å². The van der Waals surface area contributed by atoms with Gasteiger partial charge < -0.3 is 10.4 Å². The van der Waals surface area contributed by atoms with Crippen molar-refractivity contribution >= 4 is 11.9 Å². The molecule has 2 N–H and O–H groups in total. The molecule has 1 fully saturated rings. The summed E-state index contributed by atoms with van der Waals surface area (Å²) in [5.41, 5.74) is 0.720. The number of carboxylic acids is 1. The van der Waals surface area contributed by atoms with Crippen molar-refractivity contribution < 1.29 is 14.7 Å².